The molecule has 0 bridgehead atoms. The van der Waals surface area contributed by atoms with Gasteiger partial charge in [0.1, 0.15) is 4.70 Å². The van der Waals surface area contributed by atoms with Gasteiger partial charge in [0.05, 0.1) is 19.4 Å². The van der Waals surface area contributed by atoms with Crippen molar-refractivity contribution in [2.45, 2.75) is 0 Å². The lowest BCUT2D eigenvalue weighted by Crippen LogP contribution is -2.02. The summed E-state index contributed by atoms with van der Waals surface area (Å²) in [4.78, 5) is 19.4. The van der Waals surface area contributed by atoms with Gasteiger partial charge in [0.15, 0.2) is 0 Å². The van der Waals surface area contributed by atoms with Crippen molar-refractivity contribution >= 4 is 64.8 Å². The standard InChI is InChI=1S/C10H4Br2N2OS2/c11-7-1-4(9(12)17-7)6-2-5-8(16-6)10(15)14-3-13-5/h1-3H,(H,13,14,15). The van der Waals surface area contributed by atoms with Crippen LogP contribution in [-0.4, -0.2) is 9.97 Å². The molecule has 17 heavy (non-hydrogen) atoms. The molecule has 0 saturated carbocycles. The van der Waals surface area contributed by atoms with Crippen molar-refractivity contribution in [2.75, 3.05) is 0 Å². The van der Waals surface area contributed by atoms with Crippen LogP contribution in [0.4, 0.5) is 0 Å². The topological polar surface area (TPSA) is 45.8 Å². The molecule has 86 valence electrons. The zero-order chi connectivity index (χ0) is 12.0. The molecule has 3 heterocycles. The molecule has 0 aromatic carbocycles. The number of hydrogen-bond donors (Lipinski definition) is 1. The van der Waals surface area contributed by atoms with Crippen molar-refractivity contribution in [3.63, 3.8) is 0 Å². The van der Waals surface area contributed by atoms with Crippen molar-refractivity contribution in [3.8, 4) is 10.4 Å². The van der Waals surface area contributed by atoms with E-state index in [2.05, 4.69) is 41.8 Å². The quantitative estimate of drug-likeness (QED) is 0.674. The van der Waals surface area contributed by atoms with Crippen LogP contribution in [0.2, 0.25) is 0 Å². The minimum Gasteiger partial charge on any atom is -0.312 e. The number of rotatable bonds is 1. The fourth-order valence-electron chi connectivity index (χ4n) is 1.51. The van der Waals surface area contributed by atoms with Crippen LogP contribution >= 0.6 is 54.5 Å². The van der Waals surface area contributed by atoms with Crippen LogP contribution < -0.4 is 5.56 Å². The Hall–Kier alpha value is -0.500. The van der Waals surface area contributed by atoms with Crippen LogP contribution in [0.5, 0.6) is 0 Å². The monoisotopic (exact) mass is 390 g/mol. The molecule has 3 aromatic rings. The predicted octanol–water partition coefficient (Wildman–Crippen LogP) is 4.24. The molecule has 0 aliphatic carbocycles. The van der Waals surface area contributed by atoms with Gasteiger partial charge < -0.3 is 4.98 Å². The van der Waals surface area contributed by atoms with Gasteiger partial charge in [-0.25, -0.2) is 4.98 Å². The molecule has 0 fully saturated rings. The Morgan fingerprint density at radius 3 is 2.71 bits per heavy atom. The summed E-state index contributed by atoms with van der Waals surface area (Å²) in [7, 11) is 0. The zero-order valence-electron chi connectivity index (χ0n) is 8.16. The molecule has 1 N–H and O–H groups in total. The number of nitrogens with one attached hydrogen (secondary N) is 1. The van der Waals surface area contributed by atoms with E-state index < -0.39 is 0 Å². The van der Waals surface area contributed by atoms with Crippen molar-refractivity contribution in [1.29, 1.82) is 0 Å². The second-order valence-corrected chi connectivity index (χ2v) is 8.10. The number of thiophene rings is 2. The number of halogens is 2. The summed E-state index contributed by atoms with van der Waals surface area (Å²) < 4.78 is 2.77. The third-order valence-electron chi connectivity index (χ3n) is 2.24. The minimum absolute atomic E-state index is 0.0864. The maximum atomic E-state index is 11.6. The van der Waals surface area contributed by atoms with Crippen molar-refractivity contribution in [2.24, 2.45) is 0 Å². The van der Waals surface area contributed by atoms with E-state index in [1.54, 1.807) is 11.3 Å². The molecule has 3 rings (SSSR count). The molecule has 0 saturated heterocycles. The van der Waals surface area contributed by atoms with Gasteiger partial charge in [0, 0.05) is 10.4 Å². The van der Waals surface area contributed by atoms with Gasteiger partial charge in [-0.2, -0.15) is 0 Å². The highest BCUT2D eigenvalue weighted by atomic mass is 79.9. The lowest BCUT2D eigenvalue weighted by atomic mass is 10.3. The zero-order valence-corrected chi connectivity index (χ0v) is 13.0. The molecule has 0 aliphatic rings. The van der Waals surface area contributed by atoms with Crippen LogP contribution in [0.3, 0.4) is 0 Å². The fraction of sp³-hybridized carbons (Fsp3) is 0. The molecule has 7 heteroatoms. The molecule has 0 aliphatic heterocycles. The SMILES string of the molecule is O=c1[nH]cnc2cc(-c3cc(Br)sc3Br)sc12. The third-order valence-corrected chi connectivity index (χ3v) is 5.74. The second kappa shape index (κ2) is 4.31. The van der Waals surface area contributed by atoms with E-state index in [1.165, 1.54) is 17.7 Å². The van der Waals surface area contributed by atoms with Crippen molar-refractivity contribution in [3.05, 3.63) is 36.4 Å². The third kappa shape index (κ3) is 2.01. The molecule has 0 radical (unpaired) electrons. The maximum Gasteiger partial charge on any atom is 0.268 e. The molecule has 0 unspecified atom stereocenters. The lowest BCUT2D eigenvalue weighted by molar-refractivity contribution is 1.18. The molecule has 3 aromatic heterocycles. The van der Waals surface area contributed by atoms with E-state index in [1.807, 2.05) is 12.1 Å². The van der Waals surface area contributed by atoms with Crippen LogP contribution in [-0.2, 0) is 0 Å². The predicted molar refractivity (Wildman–Crippen MR) is 79.0 cm³/mol. The van der Waals surface area contributed by atoms with Crippen LogP contribution in [0.15, 0.2) is 30.8 Å². The van der Waals surface area contributed by atoms with Gasteiger partial charge in [-0.3, -0.25) is 4.79 Å². The first kappa shape index (κ1) is 11.6. The Bertz CT molecular complexity index is 759. The van der Waals surface area contributed by atoms with Gasteiger partial charge in [0.25, 0.3) is 5.56 Å². The van der Waals surface area contributed by atoms with E-state index in [0.717, 1.165) is 23.5 Å². The first-order valence-corrected chi connectivity index (χ1v) is 7.79. The summed E-state index contributed by atoms with van der Waals surface area (Å²) >= 11 is 10.0. The number of nitrogens with zero attached hydrogens (tertiary/aromatic N) is 1. The summed E-state index contributed by atoms with van der Waals surface area (Å²) in [5.74, 6) is 0. The highest BCUT2D eigenvalue weighted by Gasteiger charge is 2.12. The maximum absolute atomic E-state index is 11.6. The number of H-pyrrole nitrogens is 1. The second-order valence-electron chi connectivity index (χ2n) is 3.29. The number of hydrogen-bond acceptors (Lipinski definition) is 4. The van der Waals surface area contributed by atoms with Crippen molar-refractivity contribution in [1.82, 2.24) is 9.97 Å². The Morgan fingerprint density at radius 1 is 1.24 bits per heavy atom. The number of fused-ring (bicyclic) bond motifs is 1. The minimum atomic E-state index is -0.0864. The number of aromatic nitrogens is 2. The molecule has 0 spiro atoms. The van der Waals surface area contributed by atoms with E-state index >= 15 is 0 Å². The summed E-state index contributed by atoms with van der Waals surface area (Å²) in [6, 6.07) is 3.97. The Kier molecular flexibility index (Phi) is 2.94. The Balaban J connectivity index is 2.29. The van der Waals surface area contributed by atoms with Gasteiger partial charge in [-0.15, -0.1) is 22.7 Å². The highest BCUT2D eigenvalue weighted by molar-refractivity contribution is 9.12. The normalized spacial score (nSPS) is 11.2. The summed E-state index contributed by atoms with van der Waals surface area (Å²) in [6.45, 7) is 0. The van der Waals surface area contributed by atoms with Crippen LogP contribution in [0.25, 0.3) is 20.7 Å². The average molecular weight is 392 g/mol. The summed E-state index contributed by atoms with van der Waals surface area (Å²) in [5, 5.41) is 0. The average Bonchev–Trinajstić information content (AvgIpc) is 2.82. The van der Waals surface area contributed by atoms with E-state index in [4.69, 9.17) is 0 Å². The Labute approximate surface area is 121 Å². The van der Waals surface area contributed by atoms with Gasteiger partial charge in [-0.05, 0) is 44.0 Å². The molecular formula is C10H4Br2N2OS2. The van der Waals surface area contributed by atoms with E-state index in [9.17, 15) is 4.79 Å². The smallest absolute Gasteiger partial charge is 0.268 e. The summed E-state index contributed by atoms with van der Waals surface area (Å²) in [5.41, 5.74) is 1.74. The molecule has 0 amide bonds. The molecule has 3 nitrogen and oxygen atoms in total. The highest BCUT2D eigenvalue weighted by Crippen LogP contribution is 2.41. The molecular weight excluding hydrogens is 388 g/mol. The Morgan fingerprint density at radius 2 is 2.06 bits per heavy atom. The van der Waals surface area contributed by atoms with Crippen molar-refractivity contribution < 1.29 is 0 Å². The first-order chi connectivity index (χ1) is 8.15. The molecule has 0 atom stereocenters. The van der Waals surface area contributed by atoms with Gasteiger partial charge in [0.2, 0.25) is 0 Å². The number of aromatic amines is 1. The lowest BCUT2D eigenvalue weighted by Gasteiger charge is -1.90. The fourth-order valence-corrected chi connectivity index (χ4v) is 5.58. The summed E-state index contributed by atoms with van der Waals surface area (Å²) in [6.07, 6.45) is 1.43. The largest absolute Gasteiger partial charge is 0.312 e. The van der Waals surface area contributed by atoms with Gasteiger partial charge >= 0.3 is 0 Å². The first-order valence-electron chi connectivity index (χ1n) is 4.57. The van der Waals surface area contributed by atoms with Crippen LogP contribution in [0, 0.1) is 0 Å². The van der Waals surface area contributed by atoms with E-state index in [0.29, 0.717) is 4.70 Å². The van der Waals surface area contributed by atoms with Crippen LogP contribution in [0.1, 0.15) is 0 Å². The van der Waals surface area contributed by atoms with E-state index in [-0.39, 0.29) is 5.56 Å². The van der Waals surface area contributed by atoms with Gasteiger partial charge in [-0.1, -0.05) is 0 Å².